The molecule has 0 fully saturated rings. The molecule has 0 bridgehead atoms. The zero-order chi connectivity index (χ0) is 22.8. The van der Waals surface area contributed by atoms with E-state index in [1.54, 1.807) is 42.3 Å². The smallest absolute Gasteiger partial charge is 0.232 e. The highest BCUT2D eigenvalue weighted by atomic mass is 16.5. The van der Waals surface area contributed by atoms with E-state index in [2.05, 4.69) is 6.07 Å². The second-order valence-electron chi connectivity index (χ2n) is 7.71. The summed E-state index contributed by atoms with van der Waals surface area (Å²) in [7, 11) is 4.60. The molecule has 2 aliphatic rings. The molecule has 1 aliphatic carbocycles. The van der Waals surface area contributed by atoms with Gasteiger partial charge >= 0.3 is 0 Å². The van der Waals surface area contributed by atoms with Crippen LogP contribution in [0.5, 0.6) is 17.2 Å². The molecule has 164 valence electrons. The Balaban J connectivity index is 1.88. The Bertz CT molecular complexity index is 1140. The number of carbonyl (C=O) groups is 2. The maximum Gasteiger partial charge on any atom is 0.232 e. The van der Waals surface area contributed by atoms with Crippen molar-refractivity contribution in [2.24, 2.45) is 0 Å². The summed E-state index contributed by atoms with van der Waals surface area (Å²) in [5.41, 5.74) is 3.27. The highest BCUT2D eigenvalue weighted by molar-refractivity contribution is 6.07. The standard InChI is InChI=1S/C25H24N2O5/c1-30-21-12-11-17(24(31-2)25(21)32-3)18-13-22(29)27(16-9-7-15(14-26)8-10-16)19-5-4-6-20(28)23(18)19/h7-12,18H,4-6,13H2,1-3H3. The fraction of sp³-hybridized carbons (Fsp3) is 0.320. The van der Waals surface area contributed by atoms with Crippen LogP contribution in [0.4, 0.5) is 5.69 Å². The monoisotopic (exact) mass is 432 g/mol. The minimum atomic E-state index is -0.435. The van der Waals surface area contributed by atoms with E-state index in [0.29, 0.717) is 53.3 Å². The number of ether oxygens (including phenoxy) is 3. The van der Waals surface area contributed by atoms with E-state index in [1.807, 2.05) is 6.07 Å². The first-order valence-corrected chi connectivity index (χ1v) is 10.4. The van der Waals surface area contributed by atoms with Gasteiger partial charge in [-0.15, -0.1) is 0 Å². The van der Waals surface area contributed by atoms with Crippen LogP contribution in [0, 0.1) is 11.3 Å². The van der Waals surface area contributed by atoms with Crippen LogP contribution < -0.4 is 19.1 Å². The van der Waals surface area contributed by atoms with Gasteiger partial charge in [0.15, 0.2) is 17.3 Å². The second kappa shape index (κ2) is 8.75. The number of rotatable bonds is 5. The number of nitrogens with zero attached hydrogens (tertiary/aromatic N) is 2. The third-order valence-electron chi connectivity index (χ3n) is 6.04. The fourth-order valence-corrected chi connectivity index (χ4v) is 4.64. The fourth-order valence-electron chi connectivity index (χ4n) is 4.64. The number of benzene rings is 2. The summed E-state index contributed by atoms with van der Waals surface area (Å²) in [5.74, 6) is 0.902. The van der Waals surface area contributed by atoms with E-state index in [4.69, 9.17) is 19.5 Å². The predicted molar refractivity (Wildman–Crippen MR) is 118 cm³/mol. The first-order chi connectivity index (χ1) is 15.5. The summed E-state index contributed by atoms with van der Waals surface area (Å²) >= 11 is 0. The number of carbonyl (C=O) groups excluding carboxylic acids is 2. The van der Waals surface area contributed by atoms with Crippen molar-refractivity contribution in [2.75, 3.05) is 26.2 Å². The lowest BCUT2D eigenvalue weighted by atomic mass is 9.76. The third-order valence-corrected chi connectivity index (χ3v) is 6.04. The first-order valence-electron chi connectivity index (χ1n) is 10.4. The van der Waals surface area contributed by atoms with Crippen molar-refractivity contribution >= 4 is 17.4 Å². The summed E-state index contributed by atoms with van der Waals surface area (Å²) in [6.07, 6.45) is 1.88. The molecule has 0 saturated carbocycles. The van der Waals surface area contributed by atoms with Gasteiger partial charge in [-0.2, -0.15) is 5.26 Å². The van der Waals surface area contributed by atoms with Crippen molar-refractivity contribution in [2.45, 2.75) is 31.6 Å². The largest absolute Gasteiger partial charge is 0.493 e. The van der Waals surface area contributed by atoms with E-state index >= 15 is 0 Å². The number of hydrogen-bond donors (Lipinski definition) is 0. The predicted octanol–water partition coefficient (Wildman–Crippen LogP) is 4.11. The van der Waals surface area contributed by atoms with Crippen molar-refractivity contribution < 1.29 is 23.8 Å². The number of methoxy groups -OCH3 is 3. The van der Waals surface area contributed by atoms with E-state index < -0.39 is 5.92 Å². The topological polar surface area (TPSA) is 88.9 Å². The molecule has 0 radical (unpaired) electrons. The lowest BCUT2D eigenvalue weighted by Crippen LogP contribution is -2.40. The van der Waals surface area contributed by atoms with Crippen LogP contribution in [0.25, 0.3) is 0 Å². The number of anilines is 1. The highest BCUT2D eigenvalue weighted by Crippen LogP contribution is 2.49. The lowest BCUT2D eigenvalue weighted by molar-refractivity contribution is -0.119. The summed E-state index contributed by atoms with van der Waals surface area (Å²) in [6.45, 7) is 0. The highest BCUT2D eigenvalue weighted by Gasteiger charge is 2.41. The average Bonchev–Trinajstić information content (AvgIpc) is 2.82. The van der Waals surface area contributed by atoms with Gasteiger partial charge in [-0.05, 0) is 43.2 Å². The molecule has 7 heteroatoms. The summed E-state index contributed by atoms with van der Waals surface area (Å²) < 4.78 is 16.6. The Hall–Kier alpha value is -3.79. The Morgan fingerprint density at radius 1 is 0.938 bits per heavy atom. The van der Waals surface area contributed by atoms with E-state index in [1.165, 1.54) is 14.2 Å². The Kier molecular flexibility index (Phi) is 5.87. The number of nitriles is 1. The lowest BCUT2D eigenvalue weighted by Gasteiger charge is -2.38. The van der Waals surface area contributed by atoms with Gasteiger partial charge in [-0.3, -0.25) is 14.5 Å². The molecule has 1 heterocycles. The maximum absolute atomic E-state index is 13.4. The molecule has 0 N–H and O–H groups in total. The Labute approximate surface area is 186 Å². The van der Waals surface area contributed by atoms with Crippen LogP contribution in [-0.2, 0) is 9.59 Å². The molecule has 4 rings (SSSR count). The molecule has 0 aromatic heterocycles. The molecule has 2 aromatic rings. The van der Waals surface area contributed by atoms with Crippen molar-refractivity contribution in [3.05, 3.63) is 58.8 Å². The van der Waals surface area contributed by atoms with Gasteiger partial charge in [-0.1, -0.05) is 6.07 Å². The molecule has 1 atom stereocenters. The molecule has 7 nitrogen and oxygen atoms in total. The summed E-state index contributed by atoms with van der Waals surface area (Å²) in [4.78, 5) is 28.2. The normalized spacial score (nSPS) is 18.2. The zero-order valence-corrected chi connectivity index (χ0v) is 18.3. The minimum absolute atomic E-state index is 0.0410. The van der Waals surface area contributed by atoms with Crippen LogP contribution >= 0.6 is 0 Å². The average molecular weight is 432 g/mol. The Morgan fingerprint density at radius 3 is 2.28 bits per heavy atom. The van der Waals surface area contributed by atoms with Crippen molar-refractivity contribution in [1.82, 2.24) is 0 Å². The van der Waals surface area contributed by atoms with Gasteiger partial charge in [-0.25, -0.2) is 0 Å². The first kappa shape index (κ1) is 21.4. The minimum Gasteiger partial charge on any atom is -0.493 e. The van der Waals surface area contributed by atoms with Crippen LogP contribution in [0.3, 0.4) is 0 Å². The summed E-state index contributed by atoms with van der Waals surface area (Å²) in [6, 6.07) is 12.5. The quantitative estimate of drug-likeness (QED) is 0.706. The van der Waals surface area contributed by atoms with Gasteiger partial charge in [0.05, 0.1) is 33.0 Å². The summed E-state index contributed by atoms with van der Waals surface area (Å²) in [5, 5.41) is 9.09. The molecule has 32 heavy (non-hydrogen) atoms. The van der Waals surface area contributed by atoms with Crippen molar-refractivity contribution in [3.8, 4) is 23.3 Å². The van der Waals surface area contributed by atoms with E-state index in [-0.39, 0.29) is 18.1 Å². The number of allylic oxidation sites excluding steroid dienone is 2. The van der Waals surface area contributed by atoms with Gasteiger partial charge in [0.2, 0.25) is 11.7 Å². The molecule has 1 amide bonds. The Morgan fingerprint density at radius 2 is 1.66 bits per heavy atom. The maximum atomic E-state index is 13.4. The van der Waals surface area contributed by atoms with Crippen molar-refractivity contribution in [3.63, 3.8) is 0 Å². The molecular formula is C25H24N2O5. The van der Waals surface area contributed by atoms with Gasteiger partial charge < -0.3 is 14.2 Å². The third kappa shape index (κ3) is 3.48. The van der Waals surface area contributed by atoms with E-state index in [9.17, 15) is 9.59 Å². The molecule has 1 aliphatic heterocycles. The molecule has 0 spiro atoms. The number of amides is 1. The van der Waals surface area contributed by atoms with E-state index in [0.717, 1.165) is 11.3 Å². The van der Waals surface area contributed by atoms with Gasteiger partial charge in [0.25, 0.3) is 0 Å². The van der Waals surface area contributed by atoms with Gasteiger partial charge in [0, 0.05) is 41.3 Å². The number of ketones is 1. The molecule has 2 aromatic carbocycles. The zero-order valence-electron chi connectivity index (χ0n) is 18.3. The van der Waals surface area contributed by atoms with Gasteiger partial charge in [0.1, 0.15) is 0 Å². The van der Waals surface area contributed by atoms with Crippen LogP contribution in [-0.4, -0.2) is 33.0 Å². The second-order valence-corrected chi connectivity index (χ2v) is 7.71. The van der Waals surface area contributed by atoms with Crippen LogP contribution in [0.1, 0.15) is 42.7 Å². The van der Waals surface area contributed by atoms with Crippen molar-refractivity contribution in [1.29, 1.82) is 5.26 Å². The molecule has 1 unspecified atom stereocenters. The van der Waals surface area contributed by atoms with Crippen LogP contribution in [0.15, 0.2) is 47.7 Å². The molecular weight excluding hydrogens is 408 g/mol. The number of hydrogen-bond acceptors (Lipinski definition) is 6. The SMILES string of the molecule is COc1ccc(C2CC(=O)N(c3ccc(C#N)cc3)C3=C2C(=O)CCC3)c(OC)c1OC. The molecule has 0 saturated heterocycles. The van der Waals surface area contributed by atoms with Crippen LogP contribution in [0.2, 0.25) is 0 Å². The number of Topliss-reactive ketones (excluding diaryl/α,β-unsaturated/α-hetero) is 1.